The average molecular weight is 286 g/mol. The van der Waals surface area contributed by atoms with Gasteiger partial charge >= 0.3 is 0 Å². The summed E-state index contributed by atoms with van der Waals surface area (Å²) in [5, 5.41) is 0. The van der Waals surface area contributed by atoms with Crippen LogP contribution < -0.4 is 5.73 Å². The predicted octanol–water partition coefficient (Wildman–Crippen LogP) is 0.558. The van der Waals surface area contributed by atoms with Crippen molar-refractivity contribution in [2.24, 2.45) is 5.73 Å². The molecule has 1 atom stereocenters. The number of carbonyl (C=O) groups excluding carboxylic acids is 1. The molecule has 1 amide bonds. The van der Waals surface area contributed by atoms with Crippen molar-refractivity contribution in [1.82, 2.24) is 14.5 Å². The molecule has 0 aliphatic carbocycles. The van der Waals surface area contributed by atoms with Gasteiger partial charge in [-0.2, -0.15) is 0 Å². The number of hydrogen-bond donors (Lipinski definition) is 1. The fraction of sp³-hybridized carbons (Fsp3) is 0.333. The zero-order chi connectivity index (χ0) is 14.7. The molecule has 0 radical (unpaired) electrons. The van der Waals surface area contributed by atoms with Crippen LogP contribution in [0.4, 0.5) is 0 Å². The van der Waals surface area contributed by atoms with E-state index >= 15 is 0 Å². The van der Waals surface area contributed by atoms with E-state index < -0.39 is 12.0 Å². The Morgan fingerprint density at radius 3 is 2.86 bits per heavy atom. The summed E-state index contributed by atoms with van der Waals surface area (Å²) in [4.78, 5) is 17.4. The Morgan fingerprint density at radius 2 is 2.19 bits per heavy atom. The van der Waals surface area contributed by atoms with Crippen molar-refractivity contribution in [3.63, 3.8) is 0 Å². The smallest absolute Gasteiger partial charge is 0.247 e. The first-order valence-corrected chi connectivity index (χ1v) is 6.93. The Labute approximate surface area is 123 Å². The van der Waals surface area contributed by atoms with Gasteiger partial charge in [-0.3, -0.25) is 9.69 Å². The van der Waals surface area contributed by atoms with E-state index in [1.807, 2.05) is 10.8 Å². The molecule has 1 saturated heterocycles. The van der Waals surface area contributed by atoms with Crippen LogP contribution in [0.2, 0.25) is 0 Å². The van der Waals surface area contributed by atoms with Crippen molar-refractivity contribution in [2.75, 3.05) is 19.7 Å². The Morgan fingerprint density at radius 1 is 1.38 bits per heavy atom. The number of morpholine rings is 1. The van der Waals surface area contributed by atoms with E-state index in [4.69, 9.17) is 10.5 Å². The maximum absolute atomic E-state index is 11.2. The van der Waals surface area contributed by atoms with Gasteiger partial charge in [-0.25, -0.2) is 4.98 Å². The molecule has 0 spiro atoms. The number of benzene rings is 1. The maximum atomic E-state index is 11.2. The summed E-state index contributed by atoms with van der Waals surface area (Å²) in [5.74, 6) is -0.393. The van der Waals surface area contributed by atoms with Crippen molar-refractivity contribution in [3.05, 3.63) is 48.5 Å². The molecule has 1 unspecified atom stereocenters. The third kappa shape index (κ3) is 3.29. The molecular weight excluding hydrogens is 268 g/mol. The van der Waals surface area contributed by atoms with Crippen molar-refractivity contribution in [3.8, 4) is 5.69 Å². The first-order valence-electron chi connectivity index (χ1n) is 6.93. The molecule has 6 nitrogen and oxygen atoms in total. The van der Waals surface area contributed by atoms with Gasteiger partial charge in [0.2, 0.25) is 5.91 Å². The molecule has 21 heavy (non-hydrogen) atoms. The molecule has 3 rings (SSSR count). The molecule has 1 aromatic carbocycles. The van der Waals surface area contributed by atoms with Crippen LogP contribution in [0, 0.1) is 0 Å². The minimum Gasteiger partial charge on any atom is -0.367 e. The molecule has 0 saturated carbocycles. The maximum Gasteiger partial charge on any atom is 0.247 e. The largest absolute Gasteiger partial charge is 0.367 e. The van der Waals surface area contributed by atoms with Gasteiger partial charge in [0.1, 0.15) is 6.10 Å². The molecule has 1 aliphatic heterocycles. The van der Waals surface area contributed by atoms with E-state index in [2.05, 4.69) is 34.1 Å². The second kappa shape index (κ2) is 6.07. The van der Waals surface area contributed by atoms with Crippen molar-refractivity contribution in [1.29, 1.82) is 0 Å². The van der Waals surface area contributed by atoms with Crippen molar-refractivity contribution in [2.45, 2.75) is 12.6 Å². The lowest BCUT2D eigenvalue weighted by Crippen LogP contribution is -2.47. The van der Waals surface area contributed by atoms with Crippen LogP contribution in [-0.4, -0.2) is 46.2 Å². The summed E-state index contributed by atoms with van der Waals surface area (Å²) < 4.78 is 7.31. The third-order valence-electron chi connectivity index (χ3n) is 3.61. The number of ether oxygens (including phenoxy) is 1. The highest BCUT2D eigenvalue weighted by Crippen LogP contribution is 2.13. The standard InChI is InChI=1S/C15H18N4O2/c16-15(20)14-10-18(7-8-21-14)9-12-1-3-13(4-2-12)19-6-5-17-11-19/h1-6,11,14H,7-10H2,(H2,16,20). The van der Waals surface area contributed by atoms with E-state index in [9.17, 15) is 4.79 Å². The van der Waals surface area contributed by atoms with Crippen molar-refractivity contribution < 1.29 is 9.53 Å². The molecular formula is C15H18N4O2. The Balaban J connectivity index is 1.64. The molecule has 6 heteroatoms. The average Bonchev–Trinajstić information content (AvgIpc) is 3.02. The summed E-state index contributed by atoms with van der Waals surface area (Å²) in [6.45, 7) is 2.70. The topological polar surface area (TPSA) is 73.4 Å². The molecule has 1 aromatic heterocycles. The summed E-state index contributed by atoms with van der Waals surface area (Å²) in [5.41, 5.74) is 7.57. The van der Waals surface area contributed by atoms with Crippen LogP contribution in [0.5, 0.6) is 0 Å². The second-order valence-electron chi connectivity index (χ2n) is 5.13. The van der Waals surface area contributed by atoms with Gasteiger partial charge < -0.3 is 15.0 Å². The van der Waals surface area contributed by atoms with E-state index in [1.54, 1.807) is 12.5 Å². The number of hydrogen-bond acceptors (Lipinski definition) is 4. The quantitative estimate of drug-likeness (QED) is 0.891. The van der Waals surface area contributed by atoms with Gasteiger partial charge in [0.25, 0.3) is 0 Å². The zero-order valence-electron chi connectivity index (χ0n) is 11.7. The van der Waals surface area contributed by atoms with Crippen LogP contribution in [0.15, 0.2) is 43.0 Å². The minimum absolute atomic E-state index is 0.393. The minimum atomic E-state index is -0.496. The normalized spacial score (nSPS) is 19.5. The van der Waals surface area contributed by atoms with Gasteiger partial charge in [-0.1, -0.05) is 12.1 Å². The lowest BCUT2D eigenvalue weighted by atomic mass is 10.1. The number of amides is 1. The summed E-state index contributed by atoms with van der Waals surface area (Å²) in [6.07, 6.45) is 4.94. The van der Waals surface area contributed by atoms with Crippen molar-refractivity contribution >= 4 is 5.91 Å². The van der Waals surface area contributed by atoms with E-state index in [0.717, 1.165) is 18.8 Å². The van der Waals surface area contributed by atoms with Gasteiger partial charge in [-0.05, 0) is 17.7 Å². The summed E-state index contributed by atoms with van der Waals surface area (Å²) in [6, 6.07) is 8.29. The highest BCUT2D eigenvalue weighted by Gasteiger charge is 2.24. The molecule has 2 aromatic rings. The van der Waals surface area contributed by atoms with Gasteiger partial charge in [0.05, 0.1) is 12.9 Å². The van der Waals surface area contributed by atoms with Gasteiger partial charge in [0, 0.05) is 37.7 Å². The van der Waals surface area contributed by atoms with E-state index in [-0.39, 0.29) is 0 Å². The SMILES string of the molecule is NC(=O)C1CN(Cc2ccc(-n3ccnc3)cc2)CCO1. The number of nitrogens with zero attached hydrogens (tertiary/aromatic N) is 3. The Kier molecular flexibility index (Phi) is 3.98. The van der Waals surface area contributed by atoms with Gasteiger partial charge in [0.15, 0.2) is 0 Å². The van der Waals surface area contributed by atoms with Crippen LogP contribution in [-0.2, 0) is 16.1 Å². The third-order valence-corrected chi connectivity index (χ3v) is 3.61. The Bertz CT molecular complexity index is 595. The van der Waals surface area contributed by atoms with Crippen LogP contribution in [0.1, 0.15) is 5.56 Å². The van der Waals surface area contributed by atoms with E-state index in [1.165, 1.54) is 5.56 Å². The molecule has 0 bridgehead atoms. The fourth-order valence-electron chi connectivity index (χ4n) is 2.46. The monoisotopic (exact) mass is 286 g/mol. The number of imidazole rings is 1. The molecule has 1 aliphatic rings. The van der Waals surface area contributed by atoms with Crippen LogP contribution in [0.3, 0.4) is 0 Å². The molecule has 2 N–H and O–H groups in total. The lowest BCUT2D eigenvalue weighted by Gasteiger charge is -2.31. The summed E-state index contributed by atoms with van der Waals surface area (Å²) in [7, 11) is 0. The number of nitrogens with two attached hydrogens (primary N) is 1. The predicted molar refractivity (Wildman–Crippen MR) is 77.8 cm³/mol. The van der Waals surface area contributed by atoms with Crippen LogP contribution in [0.25, 0.3) is 5.69 Å². The number of carbonyl (C=O) groups is 1. The molecule has 110 valence electrons. The van der Waals surface area contributed by atoms with Crippen LogP contribution >= 0.6 is 0 Å². The van der Waals surface area contributed by atoms with Gasteiger partial charge in [-0.15, -0.1) is 0 Å². The number of aromatic nitrogens is 2. The number of rotatable bonds is 4. The molecule has 2 heterocycles. The highest BCUT2D eigenvalue weighted by atomic mass is 16.5. The van der Waals surface area contributed by atoms with E-state index in [0.29, 0.717) is 13.2 Å². The first-order chi connectivity index (χ1) is 10.2. The molecule has 1 fully saturated rings. The highest BCUT2D eigenvalue weighted by molar-refractivity contribution is 5.79. The first kappa shape index (κ1) is 13.8. The second-order valence-corrected chi connectivity index (χ2v) is 5.13. The summed E-state index contributed by atoms with van der Waals surface area (Å²) >= 11 is 0. The Hall–Kier alpha value is -2.18. The fourth-order valence-corrected chi connectivity index (χ4v) is 2.46. The number of primary amides is 1. The lowest BCUT2D eigenvalue weighted by molar-refractivity contribution is -0.135. The zero-order valence-corrected chi connectivity index (χ0v) is 11.7.